The van der Waals surface area contributed by atoms with Gasteiger partial charge in [-0.05, 0) is 19.4 Å². The Hall–Kier alpha value is -0.0500. The lowest BCUT2D eigenvalue weighted by atomic mass is 10.0. The third-order valence-electron chi connectivity index (χ3n) is 2.39. The molecule has 0 aliphatic carbocycles. The molecule has 1 unspecified atom stereocenters. The minimum Gasteiger partial charge on any atom is -0.395 e. The number of nitrogens with zero attached hydrogens (tertiary/aromatic N) is 1. The molecule has 1 atom stereocenters. The van der Waals surface area contributed by atoms with Gasteiger partial charge in [-0.25, -0.2) is 0 Å². The average molecular weight is 190 g/mol. The van der Waals surface area contributed by atoms with Gasteiger partial charge in [-0.2, -0.15) is 0 Å². The average Bonchev–Trinajstić information content (AvgIpc) is 2.15. The largest absolute Gasteiger partial charge is 0.395 e. The van der Waals surface area contributed by atoms with Gasteiger partial charge in [-0.3, -0.25) is 4.90 Å². The molecule has 1 saturated heterocycles. The summed E-state index contributed by atoms with van der Waals surface area (Å²) in [4.78, 5) is 2.28. The number of hydrogen-bond donors (Lipinski definition) is 1. The quantitative estimate of drug-likeness (QED) is 0.729. The summed E-state index contributed by atoms with van der Waals surface area (Å²) in [6.45, 7) is 2.23. The number of likely N-dealkylation sites (tertiary alicyclic amines) is 1. The summed E-state index contributed by atoms with van der Waals surface area (Å²) in [6, 6.07) is 0.353. The van der Waals surface area contributed by atoms with Crippen LogP contribution in [-0.4, -0.2) is 35.7 Å². The molecule has 1 aliphatic heterocycles. The fourth-order valence-electron chi connectivity index (χ4n) is 1.68. The molecule has 0 aromatic rings. The Morgan fingerprint density at radius 3 is 3.00 bits per heavy atom. The van der Waals surface area contributed by atoms with E-state index in [-0.39, 0.29) is 6.61 Å². The standard InChI is InChI=1S/C9H16ClNO/c10-5-3-7-11-6-2-1-4-9(11)8-12/h3,5,9,12H,1-2,4,6-8H2/b5-3+. The molecule has 70 valence electrons. The van der Waals surface area contributed by atoms with Crippen LogP contribution in [0.2, 0.25) is 0 Å². The van der Waals surface area contributed by atoms with E-state index in [9.17, 15) is 0 Å². The zero-order chi connectivity index (χ0) is 8.81. The van der Waals surface area contributed by atoms with E-state index < -0.39 is 0 Å². The van der Waals surface area contributed by atoms with Crippen LogP contribution in [0, 0.1) is 0 Å². The van der Waals surface area contributed by atoms with E-state index in [1.54, 1.807) is 5.54 Å². The van der Waals surface area contributed by atoms with E-state index in [0.29, 0.717) is 6.04 Å². The monoisotopic (exact) mass is 189 g/mol. The van der Waals surface area contributed by atoms with Gasteiger partial charge >= 0.3 is 0 Å². The first kappa shape index (κ1) is 10.0. The van der Waals surface area contributed by atoms with Crippen molar-refractivity contribution in [2.45, 2.75) is 25.3 Å². The molecule has 0 bridgehead atoms. The first-order chi connectivity index (χ1) is 5.88. The maximum atomic E-state index is 9.06. The van der Waals surface area contributed by atoms with Crippen LogP contribution in [0.3, 0.4) is 0 Å². The van der Waals surface area contributed by atoms with E-state index in [0.717, 1.165) is 19.5 Å². The number of piperidine rings is 1. The third-order valence-corrected chi connectivity index (χ3v) is 2.57. The fourth-order valence-corrected chi connectivity index (χ4v) is 1.76. The highest BCUT2D eigenvalue weighted by Gasteiger charge is 2.19. The first-order valence-electron chi connectivity index (χ1n) is 4.48. The Morgan fingerprint density at radius 1 is 1.50 bits per heavy atom. The summed E-state index contributed by atoms with van der Waals surface area (Å²) in [6.07, 6.45) is 5.53. The van der Waals surface area contributed by atoms with Gasteiger partial charge in [0.05, 0.1) is 6.61 Å². The lowest BCUT2D eigenvalue weighted by Gasteiger charge is -2.33. The van der Waals surface area contributed by atoms with Gasteiger partial charge in [-0.1, -0.05) is 24.1 Å². The second kappa shape index (κ2) is 5.57. The highest BCUT2D eigenvalue weighted by molar-refractivity contribution is 6.25. The van der Waals surface area contributed by atoms with Crippen LogP contribution in [0.5, 0.6) is 0 Å². The Kier molecular flexibility index (Phi) is 4.66. The Balaban J connectivity index is 2.36. The molecule has 0 amide bonds. The number of aliphatic hydroxyl groups excluding tert-OH is 1. The minimum absolute atomic E-state index is 0.274. The van der Waals surface area contributed by atoms with Crippen LogP contribution in [0.4, 0.5) is 0 Å². The summed E-state index contributed by atoms with van der Waals surface area (Å²) in [5.74, 6) is 0. The summed E-state index contributed by atoms with van der Waals surface area (Å²) in [5, 5.41) is 9.06. The molecule has 1 rings (SSSR count). The van der Waals surface area contributed by atoms with Crippen LogP contribution >= 0.6 is 11.6 Å². The van der Waals surface area contributed by atoms with E-state index in [4.69, 9.17) is 16.7 Å². The zero-order valence-electron chi connectivity index (χ0n) is 7.25. The van der Waals surface area contributed by atoms with Gasteiger partial charge in [0.2, 0.25) is 0 Å². The van der Waals surface area contributed by atoms with Crippen molar-refractivity contribution >= 4 is 11.6 Å². The summed E-state index contributed by atoms with van der Waals surface area (Å²) in [7, 11) is 0. The van der Waals surface area contributed by atoms with Crippen molar-refractivity contribution in [3.8, 4) is 0 Å². The van der Waals surface area contributed by atoms with E-state index >= 15 is 0 Å². The molecule has 1 heterocycles. The van der Waals surface area contributed by atoms with E-state index in [2.05, 4.69) is 4.90 Å². The molecule has 0 saturated carbocycles. The van der Waals surface area contributed by atoms with Crippen molar-refractivity contribution in [1.82, 2.24) is 4.90 Å². The minimum atomic E-state index is 0.274. The second-order valence-corrected chi connectivity index (χ2v) is 3.44. The number of rotatable bonds is 3. The van der Waals surface area contributed by atoms with Crippen molar-refractivity contribution in [3.05, 3.63) is 11.6 Å². The Morgan fingerprint density at radius 2 is 2.33 bits per heavy atom. The van der Waals surface area contributed by atoms with Gasteiger partial charge in [0.25, 0.3) is 0 Å². The Labute approximate surface area is 78.8 Å². The molecule has 0 radical (unpaired) electrons. The lowest BCUT2D eigenvalue weighted by molar-refractivity contribution is 0.101. The molecule has 0 aromatic heterocycles. The van der Waals surface area contributed by atoms with E-state index in [1.165, 1.54) is 12.8 Å². The SMILES string of the molecule is OCC1CCCCN1C/C=C/Cl. The topological polar surface area (TPSA) is 23.5 Å². The van der Waals surface area contributed by atoms with Gasteiger partial charge in [-0.15, -0.1) is 0 Å². The van der Waals surface area contributed by atoms with Crippen LogP contribution < -0.4 is 0 Å². The van der Waals surface area contributed by atoms with Gasteiger partial charge < -0.3 is 5.11 Å². The molecule has 0 aromatic carbocycles. The molecule has 1 fully saturated rings. The van der Waals surface area contributed by atoms with Crippen molar-refractivity contribution in [1.29, 1.82) is 0 Å². The normalized spacial score (nSPS) is 26.7. The van der Waals surface area contributed by atoms with E-state index in [1.807, 2.05) is 6.08 Å². The molecular weight excluding hydrogens is 174 g/mol. The molecule has 0 spiro atoms. The van der Waals surface area contributed by atoms with Gasteiger partial charge in [0.15, 0.2) is 0 Å². The van der Waals surface area contributed by atoms with Gasteiger partial charge in [0, 0.05) is 18.1 Å². The lowest BCUT2D eigenvalue weighted by Crippen LogP contribution is -2.41. The molecule has 12 heavy (non-hydrogen) atoms. The first-order valence-corrected chi connectivity index (χ1v) is 4.92. The molecule has 1 N–H and O–H groups in total. The molecule has 2 nitrogen and oxygen atoms in total. The Bertz CT molecular complexity index is 149. The van der Waals surface area contributed by atoms with Crippen LogP contribution in [0.25, 0.3) is 0 Å². The number of hydrogen-bond acceptors (Lipinski definition) is 2. The van der Waals surface area contributed by atoms with Crippen molar-refractivity contribution in [3.63, 3.8) is 0 Å². The maximum Gasteiger partial charge on any atom is 0.0586 e. The highest BCUT2D eigenvalue weighted by Crippen LogP contribution is 2.15. The van der Waals surface area contributed by atoms with Crippen LogP contribution in [-0.2, 0) is 0 Å². The van der Waals surface area contributed by atoms with Gasteiger partial charge in [0.1, 0.15) is 0 Å². The van der Waals surface area contributed by atoms with Crippen molar-refractivity contribution < 1.29 is 5.11 Å². The predicted octanol–water partition coefficient (Wildman–Crippen LogP) is 1.59. The zero-order valence-corrected chi connectivity index (χ0v) is 8.00. The molecular formula is C9H16ClNO. The van der Waals surface area contributed by atoms with Crippen LogP contribution in [0.1, 0.15) is 19.3 Å². The predicted molar refractivity (Wildman–Crippen MR) is 51.3 cm³/mol. The smallest absolute Gasteiger partial charge is 0.0586 e. The van der Waals surface area contributed by atoms with Crippen molar-refractivity contribution in [2.24, 2.45) is 0 Å². The summed E-state index contributed by atoms with van der Waals surface area (Å²) in [5.41, 5.74) is 1.54. The number of aliphatic hydroxyl groups is 1. The second-order valence-electron chi connectivity index (χ2n) is 3.19. The molecule has 1 aliphatic rings. The fraction of sp³-hybridized carbons (Fsp3) is 0.778. The van der Waals surface area contributed by atoms with Crippen molar-refractivity contribution in [2.75, 3.05) is 19.7 Å². The highest BCUT2D eigenvalue weighted by atomic mass is 35.5. The summed E-state index contributed by atoms with van der Waals surface area (Å²) < 4.78 is 0. The number of halogens is 1. The summed E-state index contributed by atoms with van der Waals surface area (Å²) >= 11 is 5.44. The maximum absolute atomic E-state index is 9.06. The van der Waals surface area contributed by atoms with Crippen LogP contribution in [0.15, 0.2) is 11.6 Å². The third kappa shape index (κ3) is 2.77. The molecule has 3 heteroatoms.